The van der Waals surface area contributed by atoms with Gasteiger partial charge in [0.1, 0.15) is 0 Å². The molecule has 1 aromatic carbocycles. The molecule has 1 N–H and O–H groups in total. The van der Waals surface area contributed by atoms with E-state index in [-0.39, 0.29) is 0 Å². The van der Waals surface area contributed by atoms with E-state index < -0.39 is 10.0 Å². The Labute approximate surface area is 156 Å². The van der Waals surface area contributed by atoms with Crippen LogP contribution < -0.4 is 5.32 Å². The van der Waals surface area contributed by atoms with Gasteiger partial charge in [-0.05, 0) is 57.4 Å². The number of benzene rings is 1. The maximum Gasteiger partial charge on any atom is 0.243 e. The van der Waals surface area contributed by atoms with Crippen LogP contribution >= 0.6 is 12.2 Å². The molecule has 0 radical (unpaired) electrons. The molecule has 0 saturated carbocycles. The van der Waals surface area contributed by atoms with Crippen LogP contribution in [0.1, 0.15) is 11.1 Å². The van der Waals surface area contributed by atoms with Gasteiger partial charge in [0.15, 0.2) is 5.11 Å². The lowest BCUT2D eigenvalue weighted by molar-refractivity contribution is 0.263. The summed E-state index contributed by atoms with van der Waals surface area (Å²) < 4.78 is 27.4. The average molecular weight is 385 g/mol. The Morgan fingerprint density at radius 1 is 1.20 bits per heavy atom. The van der Waals surface area contributed by atoms with Gasteiger partial charge < -0.3 is 15.1 Å². The largest absolute Gasteiger partial charge is 0.361 e. The van der Waals surface area contributed by atoms with Crippen molar-refractivity contribution in [2.75, 3.05) is 53.4 Å². The number of nitrogens with zero attached hydrogens (tertiary/aromatic N) is 3. The standard InChI is InChI=1S/C17H28N4O2S2/c1-14-5-6-15(2)16(13-14)25(22,23)21-11-9-20(10-12-21)17(24)18-7-8-19(3)4/h5-6,13H,7-12H2,1-4H3,(H,18,24). The van der Waals surface area contributed by atoms with Crippen LogP contribution in [-0.2, 0) is 10.0 Å². The van der Waals surface area contributed by atoms with Crippen LogP contribution in [-0.4, -0.2) is 81.0 Å². The summed E-state index contributed by atoms with van der Waals surface area (Å²) >= 11 is 5.42. The predicted octanol–water partition coefficient (Wildman–Crippen LogP) is 1.05. The molecule has 1 aromatic rings. The van der Waals surface area contributed by atoms with Crippen molar-refractivity contribution in [2.45, 2.75) is 18.7 Å². The van der Waals surface area contributed by atoms with Gasteiger partial charge in [-0.1, -0.05) is 12.1 Å². The molecule has 2 rings (SSSR count). The van der Waals surface area contributed by atoms with E-state index in [2.05, 4.69) is 10.2 Å². The van der Waals surface area contributed by atoms with Gasteiger partial charge in [-0.25, -0.2) is 8.42 Å². The minimum Gasteiger partial charge on any atom is -0.361 e. The number of hydrogen-bond acceptors (Lipinski definition) is 4. The van der Waals surface area contributed by atoms with Crippen molar-refractivity contribution in [3.05, 3.63) is 29.3 Å². The number of sulfonamides is 1. The molecule has 140 valence electrons. The van der Waals surface area contributed by atoms with Crippen molar-refractivity contribution in [1.82, 2.24) is 19.4 Å². The molecule has 8 heteroatoms. The van der Waals surface area contributed by atoms with Gasteiger partial charge in [0, 0.05) is 39.3 Å². The van der Waals surface area contributed by atoms with Gasteiger partial charge in [-0.15, -0.1) is 0 Å². The highest BCUT2D eigenvalue weighted by atomic mass is 32.2. The maximum atomic E-state index is 12.9. The third-order valence-electron chi connectivity index (χ3n) is 4.32. The first kappa shape index (κ1) is 20.1. The summed E-state index contributed by atoms with van der Waals surface area (Å²) in [6.45, 7) is 7.56. The fraction of sp³-hybridized carbons (Fsp3) is 0.588. The SMILES string of the molecule is Cc1ccc(C)c(S(=O)(=O)N2CCN(C(=S)NCCN(C)C)CC2)c1. The molecule has 0 aromatic heterocycles. The van der Waals surface area contributed by atoms with Gasteiger partial charge in [0.25, 0.3) is 0 Å². The first-order valence-electron chi connectivity index (χ1n) is 8.46. The number of rotatable bonds is 5. The third kappa shape index (κ3) is 5.13. The molecule has 0 amide bonds. The maximum absolute atomic E-state index is 12.9. The first-order valence-corrected chi connectivity index (χ1v) is 10.3. The van der Waals surface area contributed by atoms with Crippen molar-refractivity contribution in [3.8, 4) is 0 Å². The Bertz CT molecular complexity index is 711. The fourth-order valence-electron chi connectivity index (χ4n) is 2.75. The molecule has 1 fully saturated rings. The van der Waals surface area contributed by atoms with Crippen LogP contribution in [0.2, 0.25) is 0 Å². The van der Waals surface area contributed by atoms with E-state index in [0.29, 0.717) is 36.2 Å². The molecule has 0 aliphatic carbocycles. The average Bonchev–Trinajstić information content (AvgIpc) is 2.56. The Morgan fingerprint density at radius 3 is 2.44 bits per heavy atom. The highest BCUT2D eigenvalue weighted by molar-refractivity contribution is 7.89. The molecule has 1 aliphatic heterocycles. The lowest BCUT2D eigenvalue weighted by atomic mass is 10.2. The van der Waals surface area contributed by atoms with Gasteiger partial charge in [-0.2, -0.15) is 4.31 Å². The molecule has 0 unspecified atom stereocenters. The quantitative estimate of drug-likeness (QED) is 0.766. The van der Waals surface area contributed by atoms with Crippen LogP contribution in [0.25, 0.3) is 0 Å². The zero-order valence-corrected chi connectivity index (χ0v) is 17.1. The molecule has 1 saturated heterocycles. The molecule has 25 heavy (non-hydrogen) atoms. The number of hydrogen-bond donors (Lipinski definition) is 1. The van der Waals surface area contributed by atoms with Gasteiger partial charge in [0.2, 0.25) is 10.0 Å². The Kier molecular flexibility index (Phi) is 6.79. The normalized spacial score (nSPS) is 16.3. The summed E-state index contributed by atoms with van der Waals surface area (Å²) in [5, 5.41) is 3.93. The summed E-state index contributed by atoms with van der Waals surface area (Å²) in [6.07, 6.45) is 0. The van der Waals surface area contributed by atoms with Crippen molar-refractivity contribution in [2.24, 2.45) is 0 Å². The Hall–Kier alpha value is -1.22. The van der Waals surface area contributed by atoms with Gasteiger partial charge in [-0.3, -0.25) is 0 Å². The number of thiocarbonyl (C=S) groups is 1. The number of piperazine rings is 1. The molecule has 6 nitrogen and oxygen atoms in total. The predicted molar refractivity (Wildman–Crippen MR) is 105 cm³/mol. The lowest BCUT2D eigenvalue weighted by Crippen LogP contribution is -2.53. The zero-order valence-electron chi connectivity index (χ0n) is 15.4. The highest BCUT2D eigenvalue weighted by Crippen LogP contribution is 2.22. The summed E-state index contributed by atoms with van der Waals surface area (Å²) in [7, 11) is 0.575. The van der Waals surface area contributed by atoms with E-state index in [1.54, 1.807) is 10.4 Å². The smallest absolute Gasteiger partial charge is 0.243 e. The van der Waals surface area contributed by atoms with E-state index in [4.69, 9.17) is 12.2 Å². The molecule has 1 heterocycles. The summed E-state index contributed by atoms with van der Waals surface area (Å²) in [5.74, 6) is 0. The van der Waals surface area contributed by atoms with Crippen LogP contribution in [0, 0.1) is 13.8 Å². The zero-order chi connectivity index (χ0) is 18.6. The number of nitrogens with one attached hydrogen (secondary N) is 1. The summed E-state index contributed by atoms with van der Waals surface area (Å²) in [6, 6.07) is 5.55. The number of aryl methyl sites for hydroxylation is 2. The van der Waals surface area contributed by atoms with Gasteiger partial charge >= 0.3 is 0 Å². The molecule has 0 spiro atoms. The van der Waals surface area contributed by atoms with Crippen molar-refractivity contribution in [1.29, 1.82) is 0 Å². The minimum absolute atomic E-state index is 0.410. The Balaban J connectivity index is 1.97. The van der Waals surface area contributed by atoms with E-state index in [1.165, 1.54) is 0 Å². The summed E-state index contributed by atoms with van der Waals surface area (Å²) in [5.41, 5.74) is 1.74. The van der Waals surface area contributed by atoms with Gasteiger partial charge in [0.05, 0.1) is 4.90 Å². The van der Waals surface area contributed by atoms with Crippen LogP contribution in [0.4, 0.5) is 0 Å². The van der Waals surface area contributed by atoms with E-state index >= 15 is 0 Å². The van der Waals surface area contributed by atoms with Crippen LogP contribution in [0.3, 0.4) is 0 Å². The van der Waals surface area contributed by atoms with E-state index in [0.717, 1.165) is 24.2 Å². The van der Waals surface area contributed by atoms with Crippen molar-refractivity contribution in [3.63, 3.8) is 0 Å². The topological polar surface area (TPSA) is 55.9 Å². The van der Waals surface area contributed by atoms with E-state index in [9.17, 15) is 8.42 Å². The second-order valence-electron chi connectivity index (χ2n) is 6.70. The van der Waals surface area contributed by atoms with Crippen LogP contribution in [0.15, 0.2) is 23.1 Å². The first-order chi connectivity index (χ1) is 11.7. The number of likely N-dealkylation sites (N-methyl/N-ethyl adjacent to an activating group) is 1. The molecular formula is C17H28N4O2S2. The fourth-order valence-corrected chi connectivity index (χ4v) is 4.77. The second kappa shape index (κ2) is 8.44. The molecule has 0 bridgehead atoms. The monoisotopic (exact) mass is 384 g/mol. The summed E-state index contributed by atoms with van der Waals surface area (Å²) in [4.78, 5) is 4.54. The van der Waals surface area contributed by atoms with Crippen molar-refractivity contribution < 1.29 is 8.42 Å². The van der Waals surface area contributed by atoms with E-state index in [1.807, 2.05) is 45.0 Å². The lowest BCUT2D eigenvalue weighted by Gasteiger charge is -2.35. The molecular weight excluding hydrogens is 356 g/mol. The Morgan fingerprint density at radius 2 is 1.84 bits per heavy atom. The highest BCUT2D eigenvalue weighted by Gasteiger charge is 2.30. The molecule has 0 atom stereocenters. The third-order valence-corrected chi connectivity index (χ3v) is 6.77. The van der Waals surface area contributed by atoms with Crippen LogP contribution in [0.5, 0.6) is 0 Å². The second-order valence-corrected chi connectivity index (χ2v) is 8.99. The van der Waals surface area contributed by atoms with Crippen molar-refractivity contribution >= 4 is 27.4 Å². The molecule has 1 aliphatic rings. The minimum atomic E-state index is -3.46.